The summed E-state index contributed by atoms with van der Waals surface area (Å²) in [6.45, 7) is 3.55. The van der Waals surface area contributed by atoms with Gasteiger partial charge in [-0.2, -0.15) is 0 Å². The molecule has 0 saturated carbocycles. The van der Waals surface area contributed by atoms with Crippen LogP contribution in [0.5, 0.6) is 11.5 Å². The Labute approximate surface area is 177 Å². The van der Waals surface area contributed by atoms with E-state index in [0.29, 0.717) is 13.2 Å². The standard InChI is InChI=1S/C23H26N2O4S/c26-20-7-4-8-21(15-20)30(27,28)24-16-18-11-12-25(17-18)13-14-29-23-10-3-6-19-5-1-2-9-22(19)23/h1-10,15,18,24,26H,11-14,16-17H2. The van der Waals surface area contributed by atoms with Crippen molar-refractivity contribution in [1.29, 1.82) is 0 Å². The van der Waals surface area contributed by atoms with Crippen LogP contribution in [0.3, 0.4) is 0 Å². The number of hydrogen-bond acceptors (Lipinski definition) is 5. The normalized spacial score (nSPS) is 17.4. The summed E-state index contributed by atoms with van der Waals surface area (Å²) in [5.41, 5.74) is 0. The number of sulfonamides is 1. The van der Waals surface area contributed by atoms with Gasteiger partial charge in [-0.15, -0.1) is 0 Å². The largest absolute Gasteiger partial charge is 0.508 e. The monoisotopic (exact) mass is 426 g/mol. The first-order valence-electron chi connectivity index (χ1n) is 10.1. The van der Waals surface area contributed by atoms with Gasteiger partial charge in [-0.25, -0.2) is 13.1 Å². The topological polar surface area (TPSA) is 78.9 Å². The van der Waals surface area contributed by atoms with Crippen LogP contribution in [-0.2, 0) is 10.0 Å². The second kappa shape index (κ2) is 9.04. The van der Waals surface area contributed by atoms with Crippen LogP contribution in [0.15, 0.2) is 71.6 Å². The van der Waals surface area contributed by atoms with Gasteiger partial charge < -0.3 is 9.84 Å². The van der Waals surface area contributed by atoms with E-state index in [2.05, 4.69) is 27.8 Å². The first-order chi connectivity index (χ1) is 14.5. The SMILES string of the molecule is O=S(=O)(NCC1CCN(CCOc2cccc3ccccc23)C1)c1cccc(O)c1. The number of phenolic OH excluding ortho intramolecular Hbond substituents is 1. The molecule has 6 nitrogen and oxygen atoms in total. The Hall–Kier alpha value is -2.61. The number of phenols is 1. The Balaban J connectivity index is 1.25. The van der Waals surface area contributed by atoms with E-state index < -0.39 is 10.0 Å². The highest BCUT2D eigenvalue weighted by atomic mass is 32.2. The number of benzene rings is 3. The maximum absolute atomic E-state index is 12.4. The molecule has 1 unspecified atom stereocenters. The van der Waals surface area contributed by atoms with Crippen molar-refractivity contribution < 1.29 is 18.3 Å². The predicted molar refractivity (Wildman–Crippen MR) is 117 cm³/mol. The molecule has 1 saturated heterocycles. The highest BCUT2D eigenvalue weighted by Crippen LogP contribution is 2.25. The molecular formula is C23H26N2O4S. The molecule has 30 heavy (non-hydrogen) atoms. The number of likely N-dealkylation sites (tertiary alicyclic amines) is 1. The van der Waals surface area contributed by atoms with E-state index in [1.165, 1.54) is 24.3 Å². The molecule has 0 spiro atoms. The molecule has 1 atom stereocenters. The van der Waals surface area contributed by atoms with E-state index in [9.17, 15) is 13.5 Å². The number of fused-ring (bicyclic) bond motifs is 1. The molecule has 4 rings (SSSR count). The molecule has 0 aromatic heterocycles. The minimum atomic E-state index is -3.61. The van der Waals surface area contributed by atoms with Crippen LogP contribution in [0.25, 0.3) is 10.8 Å². The molecule has 2 N–H and O–H groups in total. The first-order valence-corrected chi connectivity index (χ1v) is 11.6. The van der Waals surface area contributed by atoms with Crippen LogP contribution in [0.1, 0.15) is 6.42 Å². The number of rotatable bonds is 8. The zero-order chi connectivity index (χ0) is 21.0. The van der Waals surface area contributed by atoms with Crippen LogP contribution in [-0.4, -0.2) is 51.2 Å². The average molecular weight is 427 g/mol. The molecule has 1 aliphatic rings. The molecule has 0 radical (unpaired) electrons. The molecule has 7 heteroatoms. The molecule has 0 aliphatic carbocycles. The molecule has 3 aromatic carbocycles. The highest BCUT2D eigenvalue weighted by molar-refractivity contribution is 7.89. The minimum absolute atomic E-state index is 0.0592. The molecular weight excluding hydrogens is 400 g/mol. The van der Waals surface area contributed by atoms with Gasteiger partial charge in [-0.3, -0.25) is 4.90 Å². The number of aromatic hydroxyl groups is 1. The van der Waals surface area contributed by atoms with E-state index >= 15 is 0 Å². The molecule has 0 amide bonds. The van der Waals surface area contributed by atoms with Crippen molar-refractivity contribution in [2.75, 3.05) is 32.8 Å². The van der Waals surface area contributed by atoms with Crippen LogP contribution in [0, 0.1) is 5.92 Å². The van der Waals surface area contributed by atoms with Gasteiger partial charge in [0.15, 0.2) is 0 Å². The van der Waals surface area contributed by atoms with Gasteiger partial charge >= 0.3 is 0 Å². The lowest BCUT2D eigenvalue weighted by atomic mass is 10.1. The van der Waals surface area contributed by atoms with Gasteiger partial charge in [0.2, 0.25) is 10.0 Å². The summed E-state index contributed by atoms with van der Waals surface area (Å²) in [4.78, 5) is 2.39. The molecule has 3 aromatic rings. The Morgan fingerprint density at radius 3 is 2.73 bits per heavy atom. The second-order valence-corrected chi connectivity index (χ2v) is 9.40. The minimum Gasteiger partial charge on any atom is -0.508 e. The maximum Gasteiger partial charge on any atom is 0.240 e. The summed E-state index contributed by atoms with van der Waals surface area (Å²) in [6, 6.07) is 20.0. The fraction of sp³-hybridized carbons (Fsp3) is 0.304. The number of hydrogen-bond donors (Lipinski definition) is 2. The molecule has 158 valence electrons. The van der Waals surface area contributed by atoms with E-state index in [4.69, 9.17) is 4.74 Å². The number of nitrogens with one attached hydrogen (secondary N) is 1. The molecule has 1 aliphatic heterocycles. The summed E-state index contributed by atoms with van der Waals surface area (Å²) >= 11 is 0. The highest BCUT2D eigenvalue weighted by Gasteiger charge is 2.24. The van der Waals surface area contributed by atoms with Crippen molar-refractivity contribution in [3.8, 4) is 11.5 Å². The quantitative estimate of drug-likeness (QED) is 0.578. The summed E-state index contributed by atoms with van der Waals surface area (Å²) in [6.07, 6.45) is 0.941. The Morgan fingerprint density at radius 1 is 1.07 bits per heavy atom. The second-order valence-electron chi connectivity index (χ2n) is 7.63. The van der Waals surface area contributed by atoms with E-state index in [1.54, 1.807) is 0 Å². The third-order valence-electron chi connectivity index (χ3n) is 5.47. The fourth-order valence-corrected chi connectivity index (χ4v) is 5.01. The summed E-state index contributed by atoms with van der Waals surface area (Å²) in [5.74, 6) is 1.09. The zero-order valence-electron chi connectivity index (χ0n) is 16.7. The van der Waals surface area contributed by atoms with E-state index in [-0.39, 0.29) is 16.6 Å². The summed E-state index contributed by atoms with van der Waals surface area (Å²) in [7, 11) is -3.61. The van der Waals surface area contributed by atoms with Gasteiger partial charge in [-0.05, 0) is 48.5 Å². The van der Waals surface area contributed by atoms with Crippen LogP contribution in [0.4, 0.5) is 0 Å². The van der Waals surface area contributed by atoms with Gasteiger partial charge in [0.1, 0.15) is 18.1 Å². The molecule has 1 heterocycles. The van der Waals surface area contributed by atoms with Gasteiger partial charge in [0.25, 0.3) is 0 Å². The molecule has 0 bridgehead atoms. The van der Waals surface area contributed by atoms with Gasteiger partial charge in [0, 0.05) is 25.0 Å². The van der Waals surface area contributed by atoms with Crippen molar-refractivity contribution >= 4 is 20.8 Å². The van der Waals surface area contributed by atoms with Crippen LogP contribution < -0.4 is 9.46 Å². The predicted octanol–water partition coefficient (Wildman–Crippen LogP) is 3.22. The van der Waals surface area contributed by atoms with Crippen molar-refractivity contribution in [2.24, 2.45) is 5.92 Å². The lowest BCUT2D eigenvalue weighted by Gasteiger charge is -2.17. The smallest absolute Gasteiger partial charge is 0.240 e. The van der Waals surface area contributed by atoms with E-state index in [0.717, 1.165) is 42.6 Å². The Kier molecular flexibility index (Phi) is 6.22. The Bertz CT molecular complexity index is 1110. The molecule has 1 fully saturated rings. The van der Waals surface area contributed by atoms with Crippen molar-refractivity contribution in [3.05, 3.63) is 66.7 Å². The average Bonchev–Trinajstić information content (AvgIpc) is 3.20. The third kappa shape index (κ3) is 4.92. The van der Waals surface area contributed by atoms with E-state index in [1.807, 2.05) is 24.3 Å². The van der Waals surface area contributed by atoms with Gasteiger partial charge in [0.05, 0.1) is 4.90 Å². The van der Waals surface area contributed by atoms with Crippen molar-refractivity contribution in [2.45, 2.75) is 11.3 Å². The lowest BCUT2D eigenvalue weighted by Crippen LogP contribution is -2.32. The van der Waals surface area contributed by atoms with Crippen molar-refractivity contribution in [1.82, 2.24) is 9.62 Å². The van der Waals surface area contributed by atoms with Gasteiger partial charge in [-0.1, -0.05) is 42.5 Å². The maximum atomic E-state index is 12.4. The van der Waals surface area contributed by atoms with Crippen LogP contribution in [0.2, 0.25) is 0 Å². The Morgan fingerprint density at radius 2 is 1.87 bits per heavy atom. The van der Waals surface area contributed by atoms with Crippen molar-refractivity contribution in [3.63, 3.8) is 0 Å². The number of ether oxygens (including phenoxy) is 1. The zero-order valence-corrected chi connectivity index (χ0v) is 17.5. The van der Waals surface area contributed by atoms with Crippen LogP contribution >= 0.6 is 0 Å². The first kappa shape index (κ1) is 20.7. The fourth-order valence-electron chi connectivity index (χ4n) is 3.85. The third-order valence-corrected chi connectivity index (χ3v) is 6.90. The summed E-state index contributed by atoms with van der Waals surface area (Å²) in [5, 5.41) is 11.8. The summed E-state index contributed by atoms with van der Waals surface area (Å²) < 4.78 is 33.5. The number of nitrogens with zero attached hydrogens (tertiary/aromatic N) is 1. The lowest BCUT2D eigenvalue weighted by molar-refractivity contribution is 0.234.